The fourth-order valence-corrected chi connectivity index (χ4v) is 4.16. The Hall–Kier alpha value is -0.245. The molecule has 0 saturated carbocycles. The van der Waals surface area contributed by atoms with Gasteiger partial charge in [-0.15, -0.1) is 0 Å². The van der Waals surface area contributed by atoms with Gasteiger partial charge in [-0.05, 0) is 27.7 Å². The summed E-state index contributed by atoms with van der Waals surface area (Å²) in [5.74, 6) is -0.312. The number of ether oxygens (including phenoxy) is 1. The van der Waals surface area contributed by atoms with Crippen LogP contribution in [-0.2, 0) is 13.8 Å². The molecule has 0 N–H and O–H groups in total. The van der Waals surface area contributed by atoms with Crippen LogP contribution in [0.3, 0.4) is 0 Å². The van der Waals surface area contributed by atoms with Crippen LogP contribution >= 0.6 is 8.53 Å². The van der Waals surface area contributed by atoms with Crippen molar-refractivity contribution in [3.63, 3.8) is 0 Å². The molecule has 2 unspecified atom stereocenters. The van der Waals surface area contributed by atoms with E-state index in [4.69, 9.17) is 26.9 Å². The quantitative estimate of drug-likeness (QED) is 0.365. The summed E-state index contributed by atoms with van der Waals surface area (Å²) < 4.78 is 33.0. The van der Waals surface area contributed by atoms with Crippen molar-refractivity contribution in [1.29, 1.82) is 5.26 Å². The van der Waals surface area contributed by atoms with Crippen molar-refractivity contribution in [3.05, 3.63) is 0 Å². The molecule has 1 saturated heterocycles. The van der Waals surface area contributed by atoms with Crippen molar-refractivity contribution >= 4 is 16.4 Å². The van der Waals surface area contributed by atoms with Crippen LogP contribution in [0.15, 0.2) is 0 Å². The molecule has 5 atom stereocenters. The van der Waals surface area contributed by atoms with Gasteiger partial charge in [0.25, 0.3) is 8.53 Å². The molecule has 0 spiro atoms. The molecule has 130 valence electrons. The zero-order valence-corrected chi connectivity index (χ0v) is 15.5. The van der Waals surface area contributed by atoms with Crippen molar-refractivity contribution in [2.24, 2.45) is 5.92 Å². The molecule has 1 aliphatic rings. The standard InChI is InChI=1S/C15H27BFN2O3P/c1-10(2)19(11(3)4)23(20-8-6-7-18)21-9-13-12(5)14(17)15(16)22-13/h10-15H,6,8-9H2,1-5H3/t12-,13+,14?,15+,23?/m0/s1. The van der Waals surface area contributed by atoms with E-state index >= 15 is 0 Å². The molecule has 0 aromatic rings. The van der Waals surface area contributed by atoms with Crippen LogP contribution in [0.2, 0.25) is 0 Å². The van der Waals surface area contributed by atoms with Gasteiger partial charge in [0.2, 0.25) is 0 Å². The van der Waals surface area contributed by atoms with E-state index in [1.165, 1.54) is 0 Å². The van der Waals surface area contributed by atoms with Gasteiger partial charge in [-0.1, -0.05) is 6.92 Å². The molecule has 1 fully saturated rings. The highest BCUT2D eigenvalue weighted by Gasteiger charge is 2.40. The first-order chi connectivity index (χ1) is 10.8. The predicted molar refractivity (Wildman–Crippen MR) is 89.6 cm³/mol. The van der Waals surface area contributed by atoms with E-state index in [0.29, 0.717) is 13.0 Å². The molecule has 1 aliphatic heterocycles. The second-order valence-corrected chi connectivity index (χ2v) is 7.74. The van der Waals surface area contributed by atoms with Gasteiger partial charge in [0.15, 0.2) is 0 Å². The minimum absolute atomic E-state index is 0.223. The SMILES string of the molecule is [B][C@@H]1O[C@H](COP(OCCC#N)N(C(C)C)C(C)C)[C@H](C)C1F. The Labute approximate surface area is 141 Å². The van der Waals surface area contributed by atoms with Gasteiger partial charge in [-0.3, -0.25) is 0 Å². The summed E-state index contributed by atoms with van der Waals surface area (Å²) in [6.07, 6.45) is -1.26. The Morgan fingerprint density at radius 2 is 1.91 bits per heavy atom. The van der Waals surface area contributed by atoms with Gasteiger partial charge >= 0.3 is 0 Å². The Balaban J connectivity index is 2.67. The highest BCUT2D eigenvalue weighted by Crippen LogP contribution is 2.46. The van der Waals surface area contributed by atoms with E-state index in [-0.39, 0.29) is 30.7 Å². The molecule has 1 heterocycles. The third-order valence-corrected chi connectivity index (χ3v) is 5.82. The first-order valence-corrected chi connectivity index (χ1v) is 9.18. The summed E-state index contributed by atoms with van der Waals surface area (Å²) in [6, 6.07) is 1.61. The van der Waals surface area contributed by atoms with Gasteiger partial charge in [0.05, 0.1) is 31.8 Å². The smallest absolute Gasteiger partial charge is 0.259 e. The summed E-state index contributed by atoms with van der Waals surface area (Å²) >= 11 is 0. The molecule has 0 aliphatic carbocycles. The number of nitriles is 1. The summed E-state index contributed by atoms with van der Waals surface area (Å²) in [5, 5.41) is 8.68. The number of halogens is 1. The number of hydrogen-bond donors (Lipinski definition) is 0. The lowest BCUT2D eigenvalue weighted by atomic mass is 9.90. The van der Waals surface area contributed by atoms with E-state index in [0.717, 1.165) is 0 Å². The molecule has 0 aromatic carbocycles. The highest BCUT2D eigenvalue weighted by molar-refractivity contribution is 7.44. The summed E-state index contributed by atoms with van der Waals surface area (Å²) in [4.78, 5) is 0. The van der Waals surface area contributed by atoms with Crippen LogP contribution in [0.5, 0.6) is 0 Å². The number of hydrogen-bond acceptors (Lipinski definition) is 5. The monoisotopic (exact) mass is 344 g/mol. The lowest BCUT2D eigenvalue weighted by Gasteiger charge is -2.36. The van der Waals surface area contributed by atoms with E-state index in [1.807, 2.05) is 0 Å². The minimum Gasteiger partial charge on any atom is -0.379 e. The molecular formula is C15H27BFN2O3P. The van der Waals surface area contributed by atoms with E-state index in [1.54, 1.807) is 6.92 Å². The first kappa shape index (κ1) is 20.8. The van der Waals surface area contributed by atoms with E-state index < -0.39 is 20.7 Å². The summed E-state index contributed by atoms with van der Waals surface area (Å²) in [7, 11) is 4.26. The molecule has 8 heteroatoms. The Kier molecular flexibility index (Phi) is 8.96. The Morgan fingerprint density at radius 1 is 1.30 bits per heavy atom. The maximum absolute atomic E-state index is 13.8. The van der Waals surface area contributed by atoms with Crippen molar-refractivity contribution in [1.82, 2.24) is 4.67 Å². The normalized spacial score (nSPS) is 29.4. The Bertz CT molecular complexity index is 389. The van der Waals surface area contributed by atoms with Crippen LogP contribution in [0, 0.1) is 17.2 Å². The first-order valence-electron chi connectivity index (χ1n) is 8.05. The van der Waals surface area contributed by atoms with Gasteiger partial charge in [-0.2, -0.15) is 5.26 Å². The second-order valence-electron chi connectivity index (χ2n) is 6.29. The molecule has 1 rings (SSSR count). The number of alkyl halides is 1. The fraction of sp³-hybridized carbons (Fsp3) is 0.933. The van der Waals surface area contributed by atoms with Crippen LogP contribution in [0.1, 0.15) is 41.0 Å². The summed E-state index contributed by atoms with van der Waals surface area (Å²) in [5.41, 5.74) is 0. The van der Waals surface area contributed by atoms with Crippen molar-refractivity contribution < 1.29 is 18.2 Å². The van der Waals surface area contributed by atoms with Gasteiger partial charge in [0, 0.05) is 24.0 Å². The molecule has 2 radical (unpaired) electrons. The van der Waals surface area contributed by atoms with Crippen molar-refractivity contribution in [3.8, 4) is 6.07 Å². The molecular weight excluding hydrogens is 317 g/mol. The zero-order valence-electron chi connectivity index (χ0n) is 14.6. The molecule has 0 bridgehead atoms. The molecule has 0 amide bonds. The van der Waals surface area contributed by atoms with E-state index in [2.05, 4.69) is 38.4 Å². The highest BCUT2D eigenvalue weighted by atomic mass is 31.2. The largest absolute Gasteiger partial charge is 0.379 e. The maximum atomic E-state index is 13.8. The average molecular weight is 344 g/mol. The lowest BCUT2D eigenvalue weighted by molar-refractivity contribution is 0.0290. The van der Waals surface area contributed by atoms with Gasteiger partial charge < -0.3 is 13.8 Å². The minimum atomic E-state index is -1.34. The van der Waals surface area contributed by atoms with Crippen LogP contribution < -0.4 is 0 Å². The van der Waals surface area contributed by atoms with E-state index in [9.17, 15) is 4.39 Å². The van der Waals surface area contributed by atoms with Crippen LogP contribution in [0.4, 0.5) is 4.39 Å². The van der Waals surface area contributed by atoms with Crippen LogP contribution in [0.25, 0.3) is 0 Å². The third kappa shape index (κ3) is 5.96. The molecule has 5 nitrogen and oxygen atoms in total. The summed E-state index contributed by atoms with van der Waals surface area (Å²) in [6.45, 7) is 10.6. The average Bonchev–Trinajstić information content (AvgIpc) is 2.71. The van der Waals surface area contributed by atoms with Crippen LogP contribution in [-0.4, -0.2) is 56.1 Å². The van der Waals surface area contributed by atoms with Gasteiger partial charge in [0.1, 0.15) is 14.0 Å². The third-order valence-electron chi connectivity index (χ3n) is 3.75. The number of rotatable bonds is 9. The topological polar surface area (TPSA) is 54.7 Å². The fourth-order valence-electron chi connectivity index (χ4n) is 2.55. The zero-order chi connectivity index (χ0) is 17.6. The second kappa shape index (κ2) is 9.91. The van der Waals surface area contributed by atoms with Crippen molar-refractivity contribution in [2.45, 2.75) is 71.4 Å². The maximum Gasteiger partial charge on any atom is 0.259 e. The van der Waals surface area contributed by atoms with Gasteiger partial charge in [-0.25, -0.2) is 9.06 Å². The Morgan fingerprint density at radius 3 is 2.35 bits per heavy atom. The predicted octanol–water partition coefficient (Wildman–Crippen LogP) is 3.15. The number of nitrogens with zero attached hydrogens (tertiary/aromatic N) is 2. The lowest BCUT2D eigenvalue weighted by Crippen LogP contribution is -2.34. The molecule has 0 aromatic heterocycles. The van der Waals surface area contributed by atoms with Crippen molar-refractivity contribution in [2.75, 3.05) is 13.2 Å². The molecule has 23 heavy (non-hydrogen) atoms.